The Morgan fingerprint density at radius 3 is 3.00 bits per heavy atom. The van der Waals surface area contributed by atoms with E-state index in [2.05, 4.69) is 24.4 Å². The molecule has 0 fully saturated rings. The molecular weight excluding hydrogens is 218 g/mol. The van der Waals surface area contributed by atoms with Gasteiger partial charge in [-0.25, -0.2) is 4.79 Å². The average Bonchev–Trinajstić information content (AvgIpc) is 2.28. The van der Waals surface area contributed by atoms with E-state index in [1.807, 2.05) is 0 Å². The molecule has 0 aromatic rings. The number of hydrogen-bond donors (Lipinski definition) is 1. The highest BCUT2D eigenvalue weighted by Gasteiger charge is 2.13. The number of amides is 1. The average molecular weight is 240 g/mol. The van der Waals surface area contributed by atoms with Gasteiger partial charge in [0.25, 0.3) is 0 Å². The van der Waals surface area contributed by atoms with Crippen molar-refractivity contribution in [1.82, 2.24) is 5.32 Å². The van der Waals surface area contributed by atoms with E-state index < -0.39 is 0 Å². The lowest BCUT2D eigenvalue weighted by Crippen LogP contribution is -2.31. The quantitative estimate of drug-likeness (QED) is 0.593. The SMILES string of the molecule is [CH2]COCCNC(=O)OC1CCC=CCCC1. The third-order valence-electron chi connectivity index (χ3n) is 2.65. The lowest BCUT2D eigenvalue weighted by molar-refractivity contribution is 0.0827. The van der Waals surface area contributed by atoms with Crippen LogP contribution in [-0.2, 0) is 9.47 Å². The number of nitrogens with one attached hydrogen (secondary N) is 1. The summed E-state index contributed by atoms with van der Waals surface area (Å²) in [5, 5.41) is 2.67. The minimum atomic E-state index is -0.341. The molecule has 1 unspecified atom stereocenters. The zero-order valence-electron chi connectivity index (χ0n) is 10.3. The molecule has 1 N–H and O–H groups in total. The van der Waals surface area contributed by atoms with E-state index in [4.69, 9.17) is 9.47 Å². The second-order valence-corrected chi connectivity index (χ2v) is 4.05. The molecule has 0 bridgehead atoms. The van der Waals surface area contributed by atoms with Crippen LogP contribution in [-0.4, -0.2) is 32.0 Å². The summed E-state index contributed by atoms with van der Waals surface area (Å²) in [6.45, 7) is 4.92. The molecule has 1 atom stereocenters. The first kappa shape index (κ1) is 14.0. The van der Waals surface area contributed by atoms with Crippen LogP contribution in [0.5, 0.6) is 0 Å². The summed E-state index contributed by atoms with van der Waals surface area (Å²) in [6, 6.07) is 0. The lowest BCUT2D eigenvalue weighted by Gasteiger charge is -2.18. The Morgan fingerprint density at radius 1 is 1.35 bits per heavy atom. The van der Waals surface area contributed by atoms with Crippen molar-refractivity contribution in [3.05, 3.63) is 19.1 Å². The van der Waals surface area contributed by atoms with Gasteiger partial charge in [0, 0.05) is 13.2 Å². The highest BCUT2D eigenvalue weighted by atomic mass is 16.6. The summed E-state index contributed by atoms with van der Waals surface area (Å²) in [5.74, 6) is 0. The smallest absolute Gasteiger partial charge is 0.407 e. The first-order chi connectivity index (χ1) is 8.33. The molecule has 4 nitrogen and oxygen atoms in total. The van der Waals surface area contributed by atoms with E-state index in [9.17, 15) is 4.79 Å². The zero-order valence-corrected chi connectivity index (χ0v) is 10.3. The summed E-state index contributed by atoms with van der Waals surface area (Å²) >= 11 is 0. The van der Waals surface area contributed by atoms with Crippen molar-refractivity contribution in [3.8, 4) is 0 Å². The number of allylic oxidation sites excluding steroid dienone is 2. The van der Waals surface area contributed by atoms with Crippen LogP contribution in [0.1, 0.15) is 32.1 Å². The van der Waals surface area contributed by atoms with Crippen LogP contribution in [0, 0.1) is 6.92 Å². The first-order valence-electron chi connectivity index (χ1n) is 6.29. The third kappa shape index (κ3) is 7.00. The van der Waals surface area contributed by atoms with Gasteiger partial charge < -0.3 is 14.8 Å². The minimum absolute atomic E-state index is 0.0497. The van der Waals surface area contributed by atoms with Gasteiger partial charge in [-0.2, -0.15) is 0 Å². The maximum atomic E-state index is 11.5. The molecule has 0 aliphatic heterocycles. The fourth-order valence-corrected chi connectivity index (χ4v) is 1.76. The Balaban J connectivity index is 2.13. The molecule has 0 saturated carbocycles. The molecule has 0 heterocycles. The minimum Gasteiger partial charge on any atom is -0.446 e. The predicted molar refractivity (Wildman–Crippen MR) is 66.7 cm³/mol. The highest BCUT2D eigenvalue weighted by Crippen LogP contribution is 2.15. The molecule has 0 aromatic carbocycles. The maximum absolute atomic E-state index is 11.5. The van der Waals surface area contributed by atoms with Crippen LogP contribution in [0.3, 0.4) is 0 Å². The van der Waals surface area contributed by atoms with Crippen LogP contribution < -0.4 is 5.32 Å². The summed E-state index contributed by atoms with van der Waals surface area (Å²) in [5.41, 5.74) is 0. The van der Waals surface area contributed by atoms with Crippen LogP contribution in [0.15, 0.2) is 12.2 Å². The Bertz CT molecular complexity index is 241. The third-order valence-corrected chi connectivity index (χ3v) is 2.65. The summed E-state index contributed by atoms with van der Waals surface area (Å²) < 4.78 is 10.4. The second-order valence-electron chi connectivity index (χ2n) is 4.05. The molecule has 17 heavy (non-hydrogen) atoms. The van der Waals surface area contributed by atoms with Gasteiger partial charge in [-0.3, -0.25) is 0 Å². The van der Waals surface area contributed by atoms with E-state index in [1.54, 1.807) is 0 Å². The summed E-state index contributed by atoms with van der Waals surface area (Å²) in [4.78, 5) is 11.5. The number of alkyl carbamates (subject to hydrolysis) is 1. The van der Waals surface area contributed by atoms with E-state index >= 15 is 0 Å². The van der Waals surface area contributed by atoms with Crippen LogP contribution in [0.2, 0.25) is 0 Å². The predicted octanol–water partition coefficient (Wildman–Crippen LogP) is 2.45. The Kier molecular flexibility index (Phi) is 7.47. The van der Waals surface area contributed by atoms with E-state index in [0.717, 1.165) is 32.1 Å². The van der Waals surface area contributed by atoms with Crippen molar-refractivity contribution in [1.29, 1.82) is 0 Å². The fraction of sp³-hybridized carbons (Fsp3) is 0.692. The van der Waals surface area contributed by atoms with Gasteiger partial charge in [-0.1, -0.05) is 12.2 Å². The van der Waals surface area contributed by atoms with Crippen molar-refractivity contribution < 1.29 is 14.3 Å². The maximum Gasteiger partial charge on any atom is 0.407 e. The molecule has 4 heteroatoms. The molecule has 1 amide bonds. The van der Waals surface area contributed by atoms with E-state index in [0.29, 0.717) is 19.8 Å². The standard InChI is InChI=1S/C13H22NO3/c1-2-16-11-10-14-13(15)17-12-8-6-4-3-5-7-9-12/h3-4,12H,1-2,5-11H2,(H,14,15). The Morgan fingerprint density at radius 2 is 2.18 bits per heavy atom. The monoisotopic (exact) mass is 240 g/mol. The van der Waals surface area contributed by atoms with Gasteiger partial charge in [0.15, 0.2) is 0 Å². The van der Waals surface area contributed by atoms with Gasteiger partial charge >= 0.3 is 6.09 Å². The molecular formula is C13H22NO3. The number of ether oxygens (including phenoxy) is 2. The molecule has 0 spiro atoms. The fourth-order valence-electron chi connectivity index (χ4n) is 1.76. The number of hydrogen-bond acceptors (Lipinski definition) is 3. The molecule has 1 aliphatic rings. The largest absolute Gasteiger partial charge is 0.446 e. The Labute approximate surface area is 103 Å². The molecule has 97 valence electrons. The molecule has 1 rings (SSSR count). The normalized spacial score (nSPS) is 20.4. The summed E-state index contributed by atoms with van der Waals surface area (Å²) in [7, 11) is 0. The van der Waals surface area contributed by atoms with E-state index in [-0.39, 0.29) is 12.2 Å². The summed E-state index contributed by atoms with van der Waals surface area (Å²) in [6.07, 6.45) is 9.09. The van der Waals surface area contributed by atoms with Gasteiger partial charge in [0.2, 0.25) is 0 Å². The molecule has 0 saturated heterocycles. The van der Waals surface area contributed by atoms with Gasteiger partial charge in [-0.05, 0) is 39.0 Å². The van der Waals surface area contributed by atoms with Crippen LogP contribution in [0.4, 0.5) is 4.79 Å². The highest BCUT2D eigenvalue weighted by molar-refractivity contribution is 5.67. The molecule has 1 radical (unpaired) electrons. The number of rotatable bonds is 5. The number of carbonyl (C=O) groups is 1. The van der Waals surface area contributed by atoms with Crippen LogP contribution >= 0.6 is 0 Å². The van der Waals surface area contributed by atoms with Crippen molar-refractivity contribution in [2.24, 2.45) is 0 Å². The van der Waals surface area contributed by atoms with E-state index in [1.165, 1.54) is 0 Å². The van der Waals surface area contributed by atoms with Crippen molar-refractivity contribution in [2.75, 3.05) is 19.8 Å². The van der Waals surface area contributed by atoms with Gasteiger partial charge in [0.1, 0.15) is 6.10 Å². The second kappa shape index (κ2) is 9.05. The van der Waals surface area contributed by atoms with Crippen molar-refractivity contribution in [2.45, 2.75) is 38.2 Å². The van der Waals surface area contributed by atoms with Crippen molar-refractivity contribution >= 4 is 6.09 Å². The number of carbonyl (C=O) groups excluding carboxylic acids is 1. The Hall–Kier alpha value is -1.03. The zero-order chi connectivity index (χ0) is 12.3. The lowest BCUT2D eigenvalue weighted by atomic mass is 10.0. The topological polar surface area (TPSA) is 47.6 Å². The van der Waals surface area contributed by atoms with Crippen molar-refractivity contribution in [3.63, 3.8) is 0 Å². The molecule has 0 aromatic heterocycles. The first-order valence-corrected chi connectivity index (χ1v) is 6.29. The molecule has 1 aliphatic carbocycles. The van der Waals surface area contributed by atoms with Gasteiger partial charge in [-0.15, -0.1) is 0 Å². The van der Waals surface area contributed by atoms with Crippen LogP contribution in [0.25, 0.3) is 0 Å². The van der Waals surface area contributed by atoms with Gasteiger partial charge in [0.05, 0.1) is 6.61 Å².